The van der Waals surface area contributed by atoms with Gasteiger partial charge in [0.2, 0.25) is 0 Å². The molecule has 0 amide bonds. The number of hydrogen-bond donors (Lipinski definition) is 0. The van der Waals surface area contributed by atoms with Gasteiger partial charge in [-0.1, -0.05) is 66.7 Å². The first-order valence-corrected chi connectivity index (χ1v) is 9.85. The summed E-state index contributed by atoms with van der Waals surface area (Å²) in [6.45, 7) is 2.94. The van der Waals surface area contributed by atoms with E-state index in [9.17, 15) is 0 Å². The number of rotatable bonds is 7. The summed E-state index contributed by atoms with van der Waals surface area (Å²) in [5.41, 5.74) is 6.73. The Morgan fingerprint density at radius 1 is 0.857 bits per heavy atom. The van der Waals surface area contributed by atoms with E-state index in [1.54, 1.807) is 0 Å². The normalized spacial score (nSPS) is 12.4. The molecule has 28 heavy (non-hydrogen) atoms. The van der Waals surface area contributed by atoms with Gasteiger partial charge in [-0.05, 0) is 60.3 Å². The molecule has 3 heteroatoms. The molecule has 0 saturated heterocycles. The van der Waals surface area contributed by atoms with Gasteiger partial charge in [-0.3, -0.25) is 0 Å². The average Bonchev–Trinajstić information content (AvgIpc) is 3.17. The fraction of sp³-hybridized carbons (Fsp3) is 0.280. The quantitative estimate of drug-likeness (QED) is 0.504. The number of ether oxygens (including phenoxy) is 1. The lowest BCUT2D eigenvalue weighted by Gasteiger charge is -2.17. The molecule has 146 valence electrons. The van der Waals surface area contributed by atoms with E-state index in [2.05, 4.69) is 84.7 Å². The summed E-state index contributed by atoms with van der Waals surface area (Å²) in [4.78, 5) is 2.41. The van der Waals surface area contributed by atoms with Gasteiger partial charge in [0.25, 0.3) is 0 Å². The molecule has 2 nitrogen and oxygen atoms in total. The van der Waals surface area contributed by atoms with Gasteiger partial charge in [-0.15, -0.1) is 12.4 Å². The molecule has 0 radical (unpaired) electrons. The smallest absolute Gasteiger partial charge is 0.122 e. The molecule has 0 unspecified atom stereocenters. The van der Waals surface area contributed by atoms with E-state index >= 15 is 0 Å². The van der Waals surface area contributed by atoms with E-state index in [0.29, 0.717) is 0 Å². The zero-order valence-electron chi connectivity index (χ0n) is 16.4. The number of fused-ring (bicyclic) bond motifs is 1. The number of aryl methyl sites for hydroxylation is 1. The summed E-state index contributed by atoms with van der Waals surface area (Å²) < 4.78 is 5.60. The maximum atomic E-state index is 5.60. The van der Waals surface area contributed by atoms with E-state index in [-0.39, 0.29) is 12.4 Å². The average molecular weight is 394 g/mol. The first-order valence-electron chi connectivity index (χ1n) is 9.85. The van der Waals surface area contributed by atoms with Crippen molar-refractivity contribution in [2.24, 2.45) is 0 Å². The van der Waals surface area contributed by atoms with E-state index in [1.807, 2.05) is 0 Å². The second-order valence-corrected chi connectivity index (χ2v) is 7.44. The minimum atomic E-state index is 0. The molecule has 4 rings (SSSR count). The van der Waals surface area contributed by atoms with Crippen molar-refractivity contribution in [2.75, 3.05) is 20.2 Å². The summed E-state index contributed by atoms with van der Waals surface area (Å²) in [5, 5.41) is 0. The Balaban J connectivity index is 0.00000225. The summed E-state index contributed by atoms with van der Waals surface area (Å²) in [6.07, 6.45) is 3.35. The van der Waals surface area contributed by atoms with Crippen molar-refractivity contribution in [1.82, 2.24) is 4.90 Å². The van der Waals surface area contributed by atoms with Crippen LogP contribution in [0.1, 0.15) is 23.1 Å². The molecule has 0 aromatic heterocycles. The third kappa shape index (κ3) is 5.15. The van der Waals surface area contributed by atoms with Gasteiger partial charge < -0.3 is 9.64 Å². The Kier molecular flexibility index (Phi) is 7.13. The Morgan fingerprint density at radius 3 is 2.36 bits per heavy atom. The van der Waals surface area contributed by atoms with Crippen LogP contribution in [0.4, 0.5) is 0 Å². The highest BCUT2D eigenvalue weighted by atomic mass is 35.5. The number of benzene rings is 3. The second-order valence-electron chi connectivity index (χ2n) is 7.44. The maximum Gasteiger partial charge on any atom is 0.122 e. The summed E-state index contributed by atoms with van der Waals surface area (Å²) in [5.74, 6) is 1.07. The highest BCUT2D eigenvalue weighted by Gasteiger charge is 2.12. The predicted molar refractivity (Wildman–Crippen MR) is 119 cm³/mol. The topological polar surface area (TPSA) is 12.5 Å². The van der Waals surface area contributed by atoms with Crippen molar-refractivity contribution in [3.8, 4) is 16.9 Å². The molecule has 0 aliphatic carbocycles. The zero-order chi connectivity index (χ0) is 18.5. The van der Waals surface area contributed by atoms with Crippen LogP contribution in [0.15, 0.2) is 72.8 Å². The lowest BCUT2D eigenvalue weighted by Crippen LogP contribution is -2.19. The second kappa shape index (κ2) is 9.77. The van der Waals surface area contributed by atoms with Gasteiger partial charge in [0.15, 0.2) is 0 Å². The SMILES string of the molecule is CN(CCCc1ccc(-c2ccccc2)cc1)Cc1ccc2c(c1)CCO2.Cl. The van der Waals surface area contributed by atoms with E-state index in [4.69, 9.17) is 4.74 Å². The Morgan fingerprint density at radius 2 is 1.57 bits per heavy atom. The van der Waals surface area contributed by atoms with Crippen molar-refractivity contribution >= 4 is 12.4 Å². The van der Waals surface area contributed by atoms with Gasteiger partial charge in [-0.2, -0.15) is 0 Å². The first-order chi connectivity index (χ1) is 13.3. The van der Waals surface area contributed by atoms with Gasteiger partial charge in [0, 0.05) is 13.0 Å². The molecule has 0 bridgehead atoms. The summed E-state index contributed by atoms with van der Waals surface area (Å²) >= 11 is 0. The van der Waals surface area contributed by atoms with E-state index in [0.717, 1.165) is 38.3 Å². The van der Waals surface area contributed by atoms with Crippen LogP contribution >= 0.6 is 12.4 Å². The molecule has 1 heterocycles. The highest BCUT2D eigenvalue weighted by molar-refractivity contribution is 5.85. The van der Waals surface area contributed by atoms with Crippen molar-refractivity contribution in [3.63, 3.8) is 0 Å². The lowest BCUT2D eigenvalue weighted by molar-refractivity contribution is 0.322. The third-order valence-corrected chi connectivity index (χ3v) is 5.27. The van der Waals surface area contributed by atoms with Gasteiger partial charge in [-0.25, -0.2) is 0 Å². The van der Waals surface area contributed by atoms with Crippen LogP contribution in [-0.4, -0.2) is 25.1 Å². The third-order valence-electron chi connectivity index (χ3n) is 5.27. The minimum absolute atomic E-state index is 0. The molecule has 0 saturated carbocycles. The summed E-state index contributed by atoms with van der Waals surface area (Å²) in [7, 11) is 2.21. The molecule has 0 N–H and O–H groups in total. The lowest BCUT2D eigenvalue weighted by atomic mass is 10.0. The molecule has 1 aliphatic heterocycles. The molecule has 3 aromatic carbocycles. The van der Waals surface area contributed by atoms with Crippen molar-refractivity contribution in [3.05, 3.63) is 89.5 Å². The van der Waals surface area contributed by atoms with Crippen LogP contribution in [0.3, 0.4) is 0 Å². The molecular weight excluding hydrogens is 366 g/mol. The van der Waals surface area contributed by atoms with Crippen LogP contribution in [0.5, 0.6) is 5.75 Å². The Labute approximate surface area is 174 Å². The van der Waals surface area contributed by atoms with Crippen LogP contribution in [0.2, 0.25) is 0 Å². The largest absolute Gasteiger partial charge is 0.493 e. The highest BCUT2D eigenvalue weighted by Crippen LogP contribution is 2.26. The number of nitrogens with zero attached hydrogens (tertiary/aromatic N) is 1. The van der Waals surface area contributed by atoms with Crippen LogP contribution in [0, 0.1) is 0 Å². The van der Waals surface area contributed by atoms with Crippen LogP contribution < -0.4 is 4.74 Å². The van der Waals surface area contributed by atoms with Crippen molar-refractivity contribution < 1.29 is 4.74 Å². The molecule has 0 fully saturated rings. The van der Waals surface area contributed by atoms with E-state index in [1.165, 1.54) is 34.2 Å². The van der Waals surface area contributed by atoms with Gasteiger partial charge in [0.1, 0.15) is 5.75 Å². The van der Waals surface area contributed by atoms with Gasteiger partial charge >= 0.3 is 0 Å². The Bertz CT molecular complexity index is 877. The van der Waals surface area contributed by atoms with Crippen molar-refractivity contribution in [1.29, 1.82) is 0 Å². The molecule has 0 spiro atoms. The first kappa shape index (κ1) is 20.4. The molecule has 0 atom stereocenters. The number of hydrogen-bond acceptors (Lipinski definition) is 2. The van der Waals surface area contributed by atoms with Crippen LogP contribution in [0.25, 0.3) is 11.1 Å². The van der Waals surface area contributed by atoms with Crippen LogP contribution in [-0.2, 0) is 19.4 Å². The van der Waals surface area contributed by atoms with E-state index < -0.39 is 0 Å². The maximum absolute atomic E-state index is 5.60. The minimum Gasteiger partial charge on any atom is -0.493 e. The fourth-order valence-corrected chi connectivity index (χ4v) is 3.78. The molecular formula is C25H28ClNO. The standard InChI is InChI=1S/C25H27NO.ClH/c1-26(19-21-11-14-25-24(18-21)15-17-27-25)16-5-6-20-9-12-23(13-10-20)22-7-3-2-4-8-22;/h2-4,7-14,18H,5-6,15-17,19H2,1H3;1H. The van der Waals surface area contributed by atoms with Crippen molar-refractivity contribution in [2.45, 2.75) is 25.8 Å². The predicted octanol–water partition coefficient (Wildman–Crippen LogP) is 5.77. The number of halogens is 1. The fourth-order valence-electron chi connectivity index (χ4n) is 3.78. The monoisotopic (exact) mass is 393 g/mol. The Hall–Kier alpha value is -2.29. The molecule has 1 aliphatic rings. The zero-order valence-corrected chi connectivity index (χ0v) is 17.3. The summed E-state index contributed by atoms with van der Waals surface area (Å²) in [6, 6.07) is 26.2. The molecule has 3 aromatic rings. The van der Waals surface area contributed by atoms with Gasteiger partial charge in [0.05, 0.1) is 6.61 Å².